The van der Waals surface area contributed by atoms with Crippen molar-refractivity contribution in [1.82, 2.24) is 9.80 Å². The van der Waals surface area contributed by atoms with Crippen LogP contribution in [-0.4, -0.2) is 54.9 Å². The fourth-order valence-electron chi connectivity index (χ4n) is 2.03. The predicted molar refractivity (Wildman–Crippen MR) is 87.0 cm³/mol. The average molecular weight is 306 g/mol. The lowest BCUT2D eigenvalue weighted by atomic mass is 10.1. The number of carbonyl (C=O) groups is 2. The molecule has 1 aromatic carbocycles. The van der Waals surface area contributed by atoms with Crippen molar-refractivity contribution in [1.29, 1.82) is 0 Å². The van der Waals surface area contributed by atoms with Crippen LogP contribution in [0.3, 0.4) is 0 Å². The first-order valence-corrected chi connectivity index (χ1v) is 7.60. The summed E-state index contributed by atoms with van der Waals surface area (Å²) < 4.78 is 5.50. The molecule has 0 saturated carbocycles. The van der Waals surface area contributed by atoms with Crippen molar-refractivity contribution in [2.24, 2.45) is 0 Å². The van der Waals surface area contributed by atoms with E-state index < -0.39 is 0 Å². The molecule has 0 spiro atoms. The summed E-state index contributed by atoms with van der Waals surface area (Å²) in [5.74, 6) is 0.408. The predicted octanol–water partition coefficient (Wildman–Crippen LogP) is 2.01. The van der Waals surface area contributed by atoms with E-state index >= 15 is 0 Å². The maximum atomic E-state index is 12.0. The number of rotatable bonds is 7. The lowest BCUT2D eigenvalue weighted by Crippen LogP contribution is -2.42. The molecule has 0 aromatic heterocycles. The second-order valence-corrected chi connectivity index (χ2v) is 5.35. The minimum Gasteiger partial charge on any atom is -0.484 e. The summed E-state index contributed by atoms with van der Waals surface area (Å²) in [5, 5.41) is 0. The highest BCUT2D eigenvalue weighted by molar-refractivity contribution is 5.85. The molecule has 0 N–H and O–H groups in total. The van der Waals surface area contributed by atoms with Crippen molar-refractivity contribution in [2.75, 3.05) is 33.3 Å². The Hall–Kier alpha value is -2.04. The highest BCUT2D eigenvalue weighted by Gasteiger charge is 2.16. The van der Waals surface area contributed by atoms with Crippen LogP contribution in [0.5, 0.6) is 5.75 Å². The summed E-state index contributed by atoms with van der Waals surface area (Å²) in [5.41, 5.74) is 2.30. The van der Waals surface area contributed by atoms with Gasteiger partial charge in [0.25, 0.3) is 5.91 Å². The molecule has 0 fully saturated rings. The number of carbonyl (C=O) groups excluding carboxylic acids is 2. The van der Waals surface area contributed by atoms with Crippen LogP contribution in [0.1, 0.15) is 25.0 Å². The SMILES string of the molecule is CCN(CC)C(=O)CN(C)C(=O)COc1ccc(C)c(C)c1. The molecule has 0 heterocycles. The molecular weight excluding hydrogens is 280 g/mol. The largest absolute Gasteiger partial charge is 0.484 e. The Kier molecular flexibility index (Phi) is 6.89. The third-order valence-corrected chi connectivity index (χ3v) is 3.76. The van der Waals surface area contributed by atoms with E-state index in [2.05, 4.69) is 0 Å². The van der Waals surface area contributed by atoms with Crippen LogP contribution >= 0.6 is 0 Å². The van der Waals surface area contributed by atoms with Gasteiger partial charge in [-0.3, -0.25) is 9.59 Å². The standard InChI is InChI=1S/C17H26N2O3/c1-6-19(7-2)16(20)11-18(5)17(21)12-22-15-9-8-13(3)14(4)10-15/h8-10H,6-7,11-12H2,1-5H3. The molecule has 1 aromatic rings. The van der Waals surface area contributed by atoms with E-state index in [9.17, 15) is 9.59 Å². The van der Waals surface area contributed by atoms with Gasteiger partial charge >= 0.3 is 0 Å². The zero-order valence-electron chi connectivity index (χ0n) is 14.2. The third kappa shape index (κ3) is 5.06. The van der Waals surface area contributed by atoms with Crippen molar-refractivity contribution < 1.29 is 14.3 Å². The summed E-state index contributed by atoms with van der Waals surface area (Å²) in [4.78, 5) is 27.1. The maximum absolute atomic E-state index is 12.0. The number of ether oxygens (including phenoxy) is 1. The highest BCUT2D eigenvalue weighted by Crippen LogP contribution is 2.16. The molecule has 0 bridgehead atoms. The Morgan fingerprint density at radius 2 is 1.68 bits per heavy atom. The van der Waals surface area contributed by atoms with Gasteiger partial charge in [0.05, 0.1) is 6.54 Å². The average Bonchev–Trinajstić information content (AvgIpc) is 2.49. The van der Waals surface area contributed by atoms with Gasteiger partial charge in [0.1, 0.15) is 5.75 Å². The molecule has 0 radical (unpaired) electrons. The summed E-state index contributed by atoms with van der Waals surface area (Å²) in [7, 11) is 1.62. The molecule has 5 nitrogen and oxygen atoms in total. The number of hydrogen-bond acceptors (Lipinski definition) is 3. The molecule has 5 heteroatoms. The monoisotopic (exact) mass is 306 g/mol. The van der Waals surface area contributed by atoms with E-state index in [0.29, 0.717) is 18.8 Å². The lowest BCUT2D eigenvalue weighted by molar-refractivity contribution is -0.140. The van der Waals surface area contributed by atoms with Crippen LogP contribution in [0, 0.1) is 13.8 Å². The first kappa shape index (κ1) is 18.0. The van der Waals surface area contributed by atoms with E-state index in [0.717, 1.165) is 5.56 Å². The molecule has 0 aliphatic rings. The number of hydrogen-bond donors (Lipinski definition) is 0. The van der Waals surface area contributed by atoms with Crippen LogP contribution in [0.25, 0.3) is 0 Å². The van der Waals surface area contributed by atoms with E-state index in [4.69, 9.17) is 4.74 Å². The van der Waals surface area contributed by atoms with Gasteiger partial charge in [-0.2, -0.15) is 0 Å². The van der Waals surface area contributed by atoms with Crippen molar-refractivity contribution in [2.45, 2.75) is 27.7 Å². The Bertz CT molecular complexity index is 525. The second-order valence-electron chi connectivity index (χ2n) is 5.35. The molecule has 0 saturated heterocycles. The zero-order valence-corrected chi connectivity index (χ0v) is 14.2. The summed E-state index contributed by atoms with van der Waals surface area (Å²) >= 11 is 0. The molecule has 122 valence electrons. The minimum absolute atomic E-state index is 0.0490. The first-order valence-electron chi connectivity index (χ1n) is 7.60. The first-order chi connectivity index (χ1) is 10.4. The van der Waals surface area contributed by atoms with Gasteiger partial charge in [0.2, 0.25) is 5.91 Å². The fraction of sp³-hybridized carbons (Fsp3) is 0.529. The Labute approximate surface area is 132 Å². The van der Waals surface area contributed by atoms with Crippen LogP contribution in [0.2, 0.25) is 0 Å². The molecule has 1 rings (SSSR count). The van der Waals surface area contributed by atoms with E-state index in [1.54, 1.807) is 11.9 Å². The summed E-state index contributed by atoms with van der Waals surface area (Å²) in [6.45, 7) is 9.18. The highest BCUT2D eigenvalue weighted by atomic mass is 16.5. The number of likely N-dealkylation sites (N-methyl/N-ethyl adjacent to an activating group) is 2. The van der Waals surface area contributed by atoms with Gasteiger partial charge in [-0.1, -0.05) is 6.07 Å². The van der Waals surface area contributed by atoms with Gasteiger partial charge in [-0.15, -0.1) is 0 Å². The number of benzene rings is 1. The number of amides is 2. The van der Waals surface area contributed by atoms with E-state index in [1.165, 1.54) is 10.5 Å². The Balaban J connectivity index is 2.50. The smallest absolute Gasteiger partial charge is 0.260 e. The quantitative estimate of drug-likeness (QED) is 0.774. The fourth-order valence-corrected chi connectivity index (χ4v) is 2.03. The van der Waals surface area contributed by atoms with E-state index in [-0.39, 0.29) is 25.0 Å². The maximum Gasteiger partial charge on any atom is 0.260 e. The molecular formula is C17H26N2O3. The number of aryl methyl sites for hydroxylation is 2. The van der Waals surface area contributed by atoms with Crippen LogP contribution in [0.15, 0.2) is 18.2 Å². The molecule has 2 amide bonds. The molecule has 0 aliphatic heterocycles. The molecule has 0 atom stereocenters. The topological polar surface area (TPSA) is 49.9 Å². The van der Waals surface area contributed by atoms with Gasteiger partial charge in [-0.05, 0) is 51.0 Å². The number of nitrogens with zero attached hydrogens (tertiary/aromatic N) is 2. The zero-order chi connectivity index (χ0) is 16.7. The van der Waals surface area contributed by atoms with Crippen molar-refractivity contribution in [3.63, 3.8) is 0 Å². The van der Waals surface area contributed by atoms with Gasteiger partial charge in [0.15, 0.2) is 6.61 Å². The summed E-state index contributed by atoms with van der Waals surface area (Å²) in [6.07, 6.45) is 0. The molecule has 22 heavy (non-hydrogen) atoms. The van der Waals surface area contributed by atoms with Crippen molar-refractivity contribution in [3.8, 4) is 5.75 Å². The van der Waals surface area contributed by atoms with Crippen molar-refractivity contribution in [3.05, 3.63) is 29.3 Å². The van der Waals surface area contributed by atoms with Crippen molar-refractivity contribution >= 4 is 11.8 Å². The van der Waals surface area contributed by atoms with Crippen LogP contribution in [-0.2, 0) is 9.59 Å². The Morgan fingerprint density at radius 3 is 2.23 bits per heavy atom. The minimum atomic E-state index is -0.210. The lowest BCUT2D eigenvalue weighted by Gasteiger charge is -2.23. The van der Waals surface area contributed by atoms with E-state index in [1.807, 2.05) is 45.9 Å². The molecule has 0 unspecified atom stereocenters. The van der Waals surface area contributed by atoms with Gasteiger partial charge < -0.3 is 14.5 Å². The summed E-state index contributed by atoms with van der Waals surface area (Å²) in [6, 6.07) is 5.71. The normalized spacial score (nSPS) is 10.2. The van der Waals surface area contributed by atoms with Crippen LogP contribution in [0.4, 0.5) is 0 Å². The Morgan fingerprint density at radius 1 is 1.05 bits per heavy atom. The van der Waals surface area contributed by atoms with Crippen LogP contribution < -0.4 is 4.74 Å². The van der Waals surface area contributed by atoms with Gasteiger partial charge in [0, 0.05) is 20.1 Å². The molecule has 0 aliphatic carbocycles. The van der Waals surface area contributed by atoms with Gasteiger partial charge in [-0.25, -0.2) is 0 Å². The third-order valence-electron chi connectivity index (χ3n) is 3.76. The second kappa shape index (κ2) is 8.41.